The largest absolute Gasteiger partial charge is 0.321 e. The summed E-state index contributed by atoms with van der Waals surface area (Å²) in [4.78, 5) is 16.1. The van der Waals surface area contributed by atoms with Gasteiger partial charge >= 0.3 is 0 Å². The number of anilines is 1. The van der Waals surface area contributed by atoms with Gasteiger partial charge in [-0.15, -0.1) is 0 Å². The van der Waals surface area contributed by atoms with Gasteiger partial charge < -0.3 is 5.32 Å². The Morgan fingerprint density at radius 3 is 2.68 bits per heavy atom. The molecule has 2 aromatic rings. The molecule has 1 amide bonds. The lowest BCUT2D eigenvalue weighted by molar-refractivity contribution is 0.102. The highest BCUT2D eigenvalue weighted by Crippen LogP contribution is 2.11. The molecule has 0 saturated carbocycles. The summed E-state index contributed by atoms with van der Waals surface area (Å²) in [5.74, 6) is -0.209. The number of aryl methyl sites for hydroxylation is 1. The number of aromatic nitrogens is 1. The maximum absolute atomic E-state index is 12.0. The fourth-order valence-corrected chi connectivity index (χ4v) is 1.65. The minimum atomic E-state index is -0.209. The van der Waals surface area contributed by atoms with Crippen molar-refractivity contribution in [1.29, 1.82) is 5.26 Å². The van der Waals surface area contributed by atoms with Gasteiger partial charge in [0, 0.05) is 11.8 Å². The van der Waals surface area contributed by atoms with E-state index in [1.54, 1.807) is 36.7 Å². The van der Waals surface area contributed by atoms with E-state index in [0.29, 0.717) is 16.8 Å². The molecular weight excluding hydrogens is 238 g/mol. The molecule has 0 unspecified atom stereocenters. The number of nitrogens with zero attached hydrogens (tertiary/aromatic N) is 2. The van der Waals surface area contributed by atoms with Crippen molar-refractivity contribution in [1.82, 2.24) is 4.98 Å². The molecule has 1 aromatic heterocycles. The average molecular weight is 251 g/mol. The van der Waals surface area contributed by atoms with Crippen LogP contribution >= 0.6 is 0 Å². The van der Waals surface area contributed by atoms with E-state index in [0.717, 1.165) is 12.0 Å². The van der Waals surface area contributed by atoms with Crippen LogP contribution < -0.4 is 5.32 Å². The van der Waals surface area contributed by atoms with Crippen LogP contribution in [0.2, 0.25) is 0 Å². The first-order valence-corrected chi connectivity index (χ1v) is 5.98. The molecule has 1 aromatic carbocycles. The molecule has 0 aliphatic carbocycles. The lowest BCUT2D eigenvalue weighted by atomic mass is 10.1. The minimum Gasteiger partial charge on any atom is -0.321 e. The van der Waals surface area contributed by atoms with E-state index in [2.05, 4.69) is 10.3 Å². The molecule has 0 fully saturated rings. The second-order valence-corrected chi connectivity index (χ2v) is 4.08. The van der Waals surface area contributed by atoms with Crippen LogP contribution in [0.1, 0.15) is 28.4 Å². The summed E-state index contributed by atoms with van der Waals surface area (Å²) in [5.41, 5.74) is 2.79. The molecule has 1 N–H and O–H groups in total. The van der Waals surface area contributed by atoms with Gasteiger partial charge in [0.25, 0.3) is 5.91 Å². The van der Waals surface area contributed by atoms with Crippen molar-refractivity contribution in [3.05, 3.63) is 59.4 Å². The number of carbonyl (C=O) groups excluding carboxylic acids is 1. The summed E-state index contributed by atoms with van der Waals surface area (Å²) in [5, 5.41) is 11.5. The van der Waals surface area contributed by atoms with Crippen LogP contribution in [-0.4, -0.2) is 10.9 Å². The highest BCUT2D eigenvalue weighted by atomic mass is 16.1. The van der Waals surface area contributed by atoms with Crippen LogP contribution in [0, 0.1) is 11.3 Å². The molecule has 19 heavy (non-hydrogen) atoms. The SMILES string of the molecule is CCc1cncc(NC(=O)c2ccc(C#N)cc2)c1. The predicted molar refractivity (Wildman–Crippen MR) is 72.7 cm³/mol. The molecule has 4 heteroatoms. The maximum atomic E-state index is 12.0. The van der Waals surface area contributed by atoms with Crippen LogP contribution in [0.5, 0.6) is 0 Å². The van der Waals surface area contributed by atoms with Crippen LogP contribution in [-0.2, 0) is 6.42 Å². The number of benzene rings is 1. The van der Waals surface area contributed by atoms with E-state index in [9.17, 15) is 4.79 Å². The van der Waals surface area contributed by atoms with Crippen LogP contribution in [0.25, 0.3) is 0 Å². The molecule has 1 heterocycles. The zero-order valence-corrected chi connectivity index (χ0v) is 10.6. The van der Waals surface area contributed by atoms with E-state index >= 15 is 0 Å². The fourth-order valence-electron chi connectivity index (χ4n) is 1.65. The van der Waals surface area contributed by atoms with Crippen LogP contribution in [0.4, 0.5) is 5.69 Å². The standard InChI is InChI=1S/C15H13N3O/c1-2-11-7-14(10-17-9-11)18-15(19)13-5-3-12(8-16)4-6-13/h3-7,9-10H,2H2,1H3,(H,18,19). The van der Waals surface area contributed by atoms with Gasteiger partial charge in [-0.2, -0.15) is 5.26 Å². The number of nitrogens with one attached hydrogen (secondary N) is 1. The first-order chi connectivity index (χ1) is 9.22. The van der Waals surface area contributed by atoms with Crippen molar-refractivity contribution in [2.24, 2.45) is 0 Å². The number of rotatable bonds is 3. The van der Waals surface area contributed by atoms with Crippen molar-refractivity contribution in [2.75, 3.05) is 5.32 Å². The Hall–Kier alpha value is -2.67. The van der Waals surface area contributed by atoms with Crippen molar-refractivity contribution >= 4 is 11.6 Å². The molecule has 0 aliphatic heterocycles. The molecule has 0 radical (unpaired) electrons. The normalized spacial score (nSPS) is 9.68. The summed E-state index contributed by atoms with van der Waals surface area (Å²) >= 11 is 0. The molecule has 94 valence electrons. The van der Waals surface area contributed by atoms with Crippen LogP contribution in [0.3, 0.4) is 0 Å². The number of nitriles is 1. The van der Waals surface area contributed by atoms with Gasteiger partial charge in [-0.1, -0.05) is 6.92 Å². The average Bonchev–Trinajstić information content (AvgIpc) is 2.47. The first kappa shape index (κ1) is 12.8. The third-order valence-corrected chi connectivity index (χ3v) is 2.74. The van der Waals surface area contributed by atoms with Gasteiger partial charge in [-0.05, 0) is 42.3 Å². The number of pyridine rings is 1. The summed E-state index contributed by atoms with van der Waals surface area (Å²) in [6.07, 6.45) is 4.26. The first-order valence-electron chi connectivity index (χ1n) is 5.98. The van der Waals surface area contributed by atoms with E-state index in [4.69, 9.17) is 5.26 Å². The molecule has 0 saturated heterocycles. The lowest BCUT2D eigenvalue weighted by Crippen LogP contribution is -2.12. The Morgan fingerprint density at radius 2 is 2.05 bits per heavy atom. The monoisotopic (exact) mass is 251 g/mol. The summed E-state index contributed by atoms with van der Waals surface area (Å²) in [6, 6.07) is 10.4. The van der Waals surface area contributed by atoms with Crippen molar-refractivity contribution < 1.29 is 4.79 Å². The molecule has 2 rings (SSSR count). The van der Waals surface area contributed by atoms with Crippen molar-refractivity contribution in [2.45, 2.75) is 13.3 Å². The Bertz CT molecular complexity index is 627. The molecular formula is C15H13N3O. The van der Waals surface area contributed by atoms with Crippen molar-refractivity contribution in [3.8, 4) is 6.07 Å². The Labute approximate surface area is 111 Å². The van der Waals surface area contributed by atoms with E-state index in [-0.39, 0.29) is 5.91 Å². The van der Waals surface area contributed by atoms with Gasteiger partial charge in [0.15, 0.2) is 0 Å². The molecule has 4 nitrogen and oxygen atoms in total. The smallest absolute Gasteiger partial charge is 0.255 e. The van der Waals surface area contributed by atoms with Gasteiger partial charge in [0.1, 0.15) is 0 Å². The molecule has 0 bridgehead atoms. The highest BCUT2D eigenvalue weighted by molar-refractivity contribution is 6.04. The number of amides is 1. The number of hydrogen-bond acceptors (Lipinski definition) is 3. The third-order valence-electron chi connectivity index (χ3n) is 2.74. The summed E-state index contributed by atoms with van der Waals surface area (Å²) in [6.45, 7) is 2.03. The summed E-state index contributed by atoms with van der Waals surface area (Å²) in [7, 11) is 0. The van der Waals surface area contributed by atoms with Gasteiger partial charge in [-0.3, -0.25) is 9.78 Å². The van der Waals surface area contributed by atoms with Crippen molar-refractivity contribution in [3.63, 3.8) is 0 Å². The highest BCUT2D eigenvalue weighted by Gasteiger charge is 2.06. The van der Waals surface area contributed by atoms with E-state index < -0.39 is 0 Å². The summed E-state index contributed by atoms with van der Waals surface area (Å²) < 4.78 is 0. The third kappa shape index (κ3) is 3.17. The van der Waals surface area contributed by atoms with Gasteiger partial charge in [0.05, 0.1) is 23.5 Å². The minimum absolute atomic E-state index is 0.209. The molecule has 0 aliphatic rings. The van der Waals surface area contributed by atoms with E-state index in [1.807, 2.05) is 19.1 Å². The number of hydrogen-bond donors (Lipinski definition) is 1. The Balaban J connectivity index is 2.13. The second kappa shape index (κ2) is 5.78. The lowest BCUT2D eigenvalue weighted by Gasteiger charge is -2.06. The zero-order valence-electron chi connectivity index (χ0n) is 10.6. The van der Waals surface area contributed by atoms with Gasteiger partial charge in [-0.25, -0.2) is 0 Å². The molecule has 0 atom stereocenters. The second-order valence-electron chi connectivity index (χ2n) is 4.08. The fraction of sp³-hybridized carbons (Fsp3) is 0.133. The Morgan fingerprint density at radius 1 is 1.32 bits per heavy atom. The van der Waals surface area contributed by atoms with E-state index in [1.165, 1.54) is 0 Å². The molecule has 0 spiro atoms. The van der Waals surface area contributed by atoms with Gasteiger partial charge in [0.2, 0.25) is 0 Å². The van der Waals surface area contributed by atoms with Crippen LogP contribution in [0.15, 0.2) is 42.7 Å². The number of carbonyl (C=O) groups is 1. The quantitative estimate of drug-likeness (QED) is 0.912. The Kier molecular flexibility index (Phi) is 3.89. The zero-order chi connectivity index (χ0) is 13.7. The predicted octanol–water partition coefficient (Wildman–Crippen LogP) is 2.77. The topological polar surface area (TPSA) is 65.8 Å². The maximum Gasteiger partial charge on any atom is 0.255 e.